The van der Waals surface area contributed by atoms with E-state index < -0.39 is 10.0 Å². The van der Waals surface area contributed by atoms with E-state index in [1.54, 1.807) is 24.3 Å². The number of fused-ring (bicyclic) bond motifs is 3. The van der Waals surface area contributed by atoms with Crippen molar-refractivity contribution in [3.63, 3.8) is 0 Å². The summed E-state index contributed by atoms with van der Waals surface area (Å²) in [5.41, 5.74) is 4.89. The molecule has 6 nitrogen and oxygen atoms in total. The minimum absolute atomic E-state index is 0.0846. The van der Waals surface area contributed by atoms with Crippen LogP contribution in [0, 0.1) is 0 Å². The second-order valence-corrected chi connectivity index (χ2v) is 11.2. The van der Waals surface area contributed by atoms with Gasteiger partial charge in [0.05, 0.1) is 4.90 Å². The van der Waals surface area contributed by atoms with Crippen LogP contribution in [0.2, 0.25) is 0 Å². The topological polar surface area (TPSA) is 80.2 Å². The highest BCUT2D eigenvalue weighted by Gasteiger charge is 2.18. The third-order valence-electron chi connectivity index (χ3n) is 6.88. The SMILES string of the molecule is CCn1c2ccccc2c2cc(NC(=O)CCc3ccc(S(=O)(=O)N[C@H](C)c4ccccc4)cc3)ccc21. The first kappa shape index (κ1) is 25.7. The quantitative estimate of drug-likeness (QED) is 0.233. The number of para-hydroxylation sites is 1. The number of amides is 1. The van der Waals surface area contributed by atoms with Crippen molar-refractivity contribution in [1.29, 1.82) is 0 Å². The highest BCUT2D eigenvalue weighted by molar-refractivity contribution is 7.89. The fourth-order valence-electron chi connectivity index (χ4n) is 4.90. The number of nitrogens with one attached hydrogen (secondary N) is 2. The van der Waals surface area contributed by atoms with Crippen LogP contribution in [-0.2, 0) is 27.8 Å². The van der Waals surface area contributed by atoms with Crippen LogP contribution in [0.25, 0.3) is 21.8 Å². The number of aromatic nitrogens is 1. The van der Waals surface area contributed by atoms with Crippen molar-refractivity contribution in [2.75, 3.05) is 5.32 Å². The van der Waals surface area contributed by atoms with Gasteiger partial charge < -0.3 is 9.88 Å². The highest BCUT2D eigenvalue weighted by atomic mass is 32.2. The van der Waals surface area contributed by atoms with E-state index >= 15 is 0 Å². The molecule has 38 heavy (non-hydrogen) atoms. The summed E-state index contributed by atoms with van der Waals surface area (Å²) in [7, 11) is -3.66. The Labute approximate surface area is 223 Å². The predicted octanol–water partition coefficient (Wildman–Crippen LogP) is 6.43. The van der Waals surface area contributed by atoms with E-state index in [1.165, 1.54) is 10.9 Å². The molecule has 2 N–H and O–H groups in total. The van der Waals surface area contributed by atoms with Crippen LogP contribution in [0.4, 0.5) is 5.69 Å². The van der Waals surface area contributed by atoms with Gasteiger partial charge in [-0.25, -0.2) is 13.1 Å². The van der Waals surface area contributed by atoms with Crippen LogP contribution in [0.3, 0.4) is 0 Å². The Bertz CT molecular complexity index is 1690. The zero-order chi connectivity index (χ0) is 26.7. The highest BCUT2D eigenvalue weighted by Crippen LogP contribution is 2.31. The Balaban J connectivity index is 1.21. The summed E-state index contributed by atoms with van der Waals surface area (Å²) in [6.45, 7) is 4.82. The molecule has 0 saturated heterocycles. The molecule has 0 fully saturated rings. The standard InChI is InChI=1S/C31H31N3O3S/c1-3-34-29-12-8-7-11-27(29)28-21-25(16-19-30(28)34)32-31(35)20-15-23-13-17-26(18-14-23)38(36,37)33-22(2)24-9-5-4-6-10-24/h4-14,16-19,21-22,33H,3,15,20H2,1-2H3,(H,32,35)/t22-/m1/s1. The smallest absolute Gasteiger partial charge is 0.241 e. The number of anilines is 1. The van der Waals surface area contributed by atoms with Gasteiger partial charge in [0, 0.05) is 46.5 Å². The molecule has 0 aliphatic heterocycles. The van der Waals surface area contributed by atoms with E-state index in [-0.39, 0.29) is 16.8 Å². The lowest BCUT2D eigenvalue weighted by molar-refractivity contribution is -0.116. The normalized spacial score (nSPS) is 12.6. The van der Waals surface area contributed by atoms with Crippen LogP contribution in [0.1, 0.15) is 37.4 Å². The average Bonchev–Trinajstić information content (AvgIpc) is 3.25. The van der Waals surface area contributed by atoms with E-state index in [1.807, 2.05) is 61.5 Å². The van der Waals surface area contributed by atoms with Crippen molar-refractivity contribution in [1.82, 2.24) is 9.29 Å². The predicted molar refractivity (Wildman–Crippen MR) is 154 cm³/mol. The molecule has 0 aliphatic rings. The van der Waals surface area contributed by atoms with Crippen molar-refractivity contribution in [2.24, 2.45) is 0 Å². The Hall–Kier alpha value is -3.94. The third-order valence-corrected chi connectivity index (χ3v) is 8.43. The maximum absolute atomic E-state index is 12.8. The van der Waals surface area contributed by atoms with E-state index in [0.29, 0.717) is 12.8 Å². The molecule has 1 heterocycles. The maximum atomic E-state index is 12.8. The van der Waals surface area contributed by atoms with Crippen molar-refractivity contribution in [2.45, 2.75) is 44.2 Å². The summed E-state index contributed by atoms with van der Waals surface area (Å²) >= 11 is 0. The number of hydrogen-bond donors (Lipinski definition) is 2. The number of aryl methyl sites for hydroxylation is 2. The van der Waals surface area contributed by atoms with Crippen molar-refractivity contribution in [3.05, 3.63) is 108 Å². The molecular formula is C31H31N3O3S. The first-order chi connectivity index (χ1) is 18.4. The molecule has 194 valence electrons. The third kappa shape index (κ3) is 5.35. The van der Waals surface area contributed by atoms with E-state index in [2.05, 4.69) is 39.7 Å². The summed E-state index contributed by atoms with van der Waals surface area (Å²) in [6, 6.07) is 30.1. The zero-order valence-electron chi connectivity index (χ0n) is 21.5. The fraction of sp³-hybridized carbons (Fsp3) is 0.194. The largest absolute Gasteiger partial charge is 0.341 e. The van der Waals surface area contributed by atoms with Crippen LogP contribution >= 0.6 is 0 Å². The number of sulfonamides is 1. The molecule has 4 aromatic carbocycles. The summed E-state index contributed by atoms with van der Waals surface area (Å²) in [5.74, 6) is -0.0846. The van der Waals surface area contributed by atoms with Crippen LogP contribution in [-0.4, -0.2) is 18.9 Å². The molecule has 0 unspecified atom stereocenters. The Morgan fingerprint density at radius 2 is 1.53 bits per heavy atom. The first-order valence-corrected chi connectivity index (χ1v) is 14.3. The van der Waals surface area contributed by atoms with E-state index in [9.17, 15) is 13.2 Å². The number of hydrogen-bond acceptors (Lipinski definition) is 3. The Morgan fingerprint density at radius 3 is 2.26 bits per heavy atom. The number of nitrogens with zero attached hydrogens (tertiary/aromatic N) is 1. The molecule has 0 aliphatic carbocycles. The molecule has 1 amide bonds. The molecule has 0 spiro atoms. The molecule has 0 radical (unpaired) electrons. The molecular weight excluding hydrogens is 494 g/mol. The second kappa shape index (κ2) is 10.8. The molecule has 7 heteroatoms. The van der Waals surface area contributed by atoms with Crippen LogP contribution in [0.15, 0.2) is 102 Å². The second-order valence-electron chi connectivity index (χ2n) is 9.44. The summed E-state index contributed by atoms with van der Waals surface area (Å²) in [4.78, 5) is 12.9. The number of carbonyl (C=O) groups is 1. The lowest BCUT2D eigenvalue weighted by Crippen LogP contribution is -2.26. The molecule has 1 atom stereocenters. The van der Waals surface area contributed by atoms with Crippen molar-refractivity contribution in [3.8, 4) is 0 Å². The monoisotopic (exact) mass is 525 g/mol. The van der Waals surface area contributed by atoms with Gasteiger partial charge in [-0.15, -0.1) is 0 Å². The van der Waals surface area contributed by atoms with Gasteiger partial charge in [-0.1, -0.05) is 60.7 Å². The molecule has 0 saturated carbocycles. The van der Waals surface area contributed by atoms with Gasteiger partial charge in [0.1, 0.15) is 0 Å². The van der Waals surface area contributed by atoms with Crippen LogP contribution in [0.5, 0.6) is 0 Å². The minimum Gasteiger partial charge on any atom is -0.341 e. The van der Waals surface area contributed by atoms with Crippen molar-refractivity contribution < 1.29 is 13.2 Å². The Morgan fingerprint density at radius 1 is 0.842 bits per heavy atom. The fourth-order valence-corrected chi connectivity index (χ4v) is 6.13. The lowest BCUT2D eigenvalue weighted by atomic mass is 10.1. The van der Waals surface area contributed by atoms with Gasteiger partial charge in [0.25, 0.3) is 0 Å². The molecule has 5 rings (SSSR count). The lowest BCUT2D eigenvalue weighted by Gasteiger charge is -2.15. The molecule has 5 aromatic rings. The summed E-state index contributed by atoms with van der Waals surface area (Å²) in [6.07, 6.45) is 0.807. The number of carbonyl (C=O) groups excluding carboxylic acids is 1. The van der Waals surface area contributed by atoms with E-state index in [0.717, 1.165) is 34.3 Å². The molecule has 1 aromatic heterocycles. The Kier molecular flexibility index (Phi) is 7.31. The summed E-state index contributed by atoms with van der Waals surface area (Å²) < 4.78 is 30.6. The van der Waals surface area contributed by atoms with Crippen molar-refractivity contribution >= 4 is 43.4 Å². The molecule has 0 bridgehead atoms. The van der Waals surface area contributed by atoms with Crippen LogP contribution < -0.4 is 10.0 Å². The van der Waals surface area contributed by atoms with E-state index in [4.69, 9.17) is 0 Å². The van der Waals surface area contributed by atoms with Gasteiger partial charge in [0.15, 0.2) is 0 Å². The zero-order valence-corrected chi connectivity index (χ0v) is 22.3. The number of rotatable bonds is 9. The first-order valence-electron chi connectivity index (χ1n) is 12.8. The average molecular weight is 526 g/mol. The van der Waals surface area contributed by atoms with Gasteiger partial charge in [-0.05, 0) is 67.8 Å². The van der Waals surface area contributed by atoms with Gasteiger partial charge in [-0.3, -0.25) is 4.79 Å². The van der Waals surface area contributed by atoms with Gasteiger partial charge in [0.2, 0.25) is 15.9 Å². The maximum Gasteiger partial charge on any atom is 0.241 e. The van der Waals surface area contributed by atoms with Gasteiger partial charge >= 0.3 is 0 Å². The number of benzene rings is 4. The van der Waals surface area contributed by atoms with Gasteiger partial charge in [-0.2, -0.15) is 0 Å². The summed E-state index contributed by atoms with van der Waals surface area (Å²) in [5, 5.41) is 5.30. The minimum atomic E-state index is -3.66.